The van der Waals surface area contributed by atoms with E-state index < -0.39 is 0 Å². The molecule has 0 saturated heterocycles. The van der Waals surface area contributed by atoms with Crippen LogP contribution in [0.2, 0.25) is 0 Å². The second kappa shape index (κ2) is 5.76. The Labute approximate surface area is 124 Å². The fourth-order valence-corrected chi connectivity index (χ4v) is 2.99. The minimum atomic E-state index is -0.0334. The first kappa shape index (κ1) is 13.9. The minimum Gasteiger partial charge on any atom is -0.397 e. The highest BCUT2D eigenvalue weighted by Crippen LogP contribution is 2.27. The lowest BCUT2D eigenvalue weighted by Gasteiger charge is -2.21. The molecule has 0 aliphatic heterocycles. The standard InChI is InChI=1S/C16H22N4O/c1-12-9-16(21)19(11-15(12)17)10-13-7-8-20(18-13)14-5-3-2-4-6-14/h7-9,11,14H,2-6,10,17H2,1H3. The second-order valence-electron chi connectivity index (χ2n) is 5.96. The summed E-state index contributed by atoms with van der Waals surface area (Å²) in [6.07, 6.45) is 10.1. The van der Waals surface area contributed by atoms with Gasteiger partial charge in [0.15, 0.2) is 0 Å². The molecule has 21 heavy (non-hydrogen) atoms. The van der Waals surface area contributed by atoms with Gasteiger partial charge in [-0.25, -0.2) is 0 Å². The van der Waals surface area contributed by atoms with Crippen molar-refractivity contribution in [3.05, 3.63) is 46.1 Å². The molecule has 2 N–H and O–H groups in total. The lowest BCUT2D eigenvalue weighted by atomic mass is 9.96. The van der Waals surface area contributed by atoms with E-state index in [4.69, 9.17) is 5.73 Å². The van der Waals surface area contributed by atoms with Crippen LogP contribution in [-0.2, 0) is 6.54 Å². The van der Waals surface area contributed by atoms with Crippen LogP contribution in [0, 0.1) is 6.92 Å². The van der Waals surface area contributed by atoms with E-state index in [0.717, 1.165) is 11.3 Å². The number of nitrogen functional groups attached to an aromatic ring is 1. The van der Waals surface area contributed by atoms with E-state index >= 15 is 0 Å². The van der Waals surface area contributed by atoms with Gasteiger partial charge in [0.05, 0.1) is 24.0 Å². The molecule has 0 aromatic carbocycles. The largest absolute Gasteiger partial charge is 0.397 e. The van der Waals surface area contributed by atoms with Crippen molar-refractivity contribution in [2.75, 3.05) is 5.73 Å². The second-order valence-corrected chi connectivity index (χ2v) is 5.96. The van der Waals surface area contributed by atoms with Gasteiger partial charge in [0.25, 0.3) is 5.56 Å². The van der Waals surface area contributed by atoms with Crippen LogP contribution >= 0.6 is 0 Å². The zero-order valence-corrected chi connectivity index (χ0v) is 12.5. The molecule has 0 atom stereocenters. The highest BCUT2D eigenvalue weighted by Gasteiger charge is 2.16. The summed E-state index contributed by atoms with van der Waals surface area (Å²) in [7, 11) is 0. The molecule has 0 amide bonds. The van der Waals surface area contributed by atoms with Gasteiger partial charge in [-0.3, -0.25) is 9.48 Å². The van der Waals surface area contributed by atoms with Crippen molar-refractivity contribution in [1.29, 1.82) is 0 Å². The molecule has 1 aliphatic carbocycles. The normalized spacial score (nSPS) is 16.2. The lowest BCUT2D eigenvalue weighted by molar-refractivity contribution is 0.328. The summed E-state index contributed by atoms with van der Waals surface area (Å²) >= 11 is 0. The average Bonchev–Trinajstić information content (AvgIpc) is 2.94. The number of hydrogen-bond acceptors (Lipinski definition) is 3. The summed E-state index contributed by atoms with van der Waals surface area (Å²) in [5.41, 5.74) is 8.22. The molecule has 112 valence electrons. The highest BCUT2D eigenvalue weighted by atomic mass is 16.1. The van der Waals surface area contributed by atoms with Crippen LogP contribution in [0.5, 0.6) is 0 Å². The van der Waals surface area contributed by atoms with Gasteiger partial charge in [0, 0.05) is 18.5 Å². The van der Waals surface area contributed by atoms with Crippen LogP contribution in [0.4, 0.5) is 5.69 Å². The number of aromatic nitrogens is 3. The fourth-order valence-electron chi connectivity index (χ4n) is 2.99. The molecule has 1 fully saturated rings. The molecule has 2 heterocycles. The molecule has 5 nitrogen and oxygen atoms in total. The predicted molar refractivity (Wildman–Crippen MR) is 83.3 cm³/mol. The van der Waals surface area contributed by atoms with Crippen LogP contribution < -0.4 is 11.3 Å². The van der Waals surface area contributed by atoms with Gasteiger partial charge in [-0.1, -0.05) is 19.3 Å². The van der Waals surface area contributed by atoms with Crippen molar-refractivity contribution in [2.45, 2.75) is 51.6 Å². The summed E-state index contributed by atoms with van der Waals surface area (Å²) in [6.45, 7) is 2.32. The zero-order chi connectivity index (χ0) is 14.8. The molecule has 1 saturated carbocycles. The first-order valence-corrected chi connectivity index (χ1v) is 7.64. The fraction of sp³-hybridized carbons (Fsp3) is 0.500. The Morgan fingerprint density at radius 1 is 1.33 bits per heavy atom. The smallest absolute Gasteiger partial charge is 0.251 e. The molecular formula is C16H22N4O. The van der Waals surface area contributed by atoms with Gasteiger partial charge in [-0.2, -0.15) is 5.10 Å². The summed E-state index contributed by atoms with van der Waals surface area (Å²) < 4.78 is 3.69. The molecule has 2 aromatic heterocycles. The molecule has 1 aliphatic rings. The van der Waals surface area contributed by atoms with Gasteiger partial charge in [-0.05, 0) is 31.4 Å². The molecule has 5 heteroatoms. The molecule has 0 bridgehead atoms. The molecule has 3 rings (SSSR count). The average molecular weight is 286 g/mol. The summed E-state index contributed by atoms with van der Waals surface area (Å²) in [6, 6.07) is 4.09. The van der Waals surface area contributed by atoms with E-state index in [0.29, 0.717) is 18.3 Å². The van der Waals surface area contributed by atoms with Crippen LogP contribution in [0.1, 0.15) is 49.4 Å². The summed E-state index contributed by atoms with van der Waals surface area (Å²) in [4.78, 5) is 12.0. The van der Waals surface area contributed by atoms with Crippen LogP contribution in [0.3, 0.4) is 0 Å². The Hall–Kier alpha value is -2.04. The zero-order valence-electron chi connectivity index (χ0n) is 12.5. The topological polar surface area (TPSA) is 65.8 Å². The van der Waals surface area contributed by atoms with Crippen molar-refractivity contribution in [3.63, 3.8) is 0 Å². The van der Waals surface area contributed by atoms with Crippen molar-refractivity contribution in [1.82, 2.24) is 14.3 Å². The van der Waals surface area contributed by atoms with Crippen molar-refractivity contribution in [2.24, 2.45) is 0 Å². The Kier molecular flexibility index (Phi) is 3.82. The van der Waals surface area contributed by atoms with E-state index in [1.54, 1.807) is 16.8 Å². The highest BCUT2D eigenvalue weighted by molar-refractivity contribution is 5.43. The van der Waals surface area contributed by atoms with Crippen molar-refractivity contribution in [3.8, 4) is 0 Å². The predicted octanol–water partition coefficient (Wildman–Crippen LogP) is 2.49. The third-order valence-electron chi connectivity index (χ3n) is 4.32. The SMILES string of the molecule is Cc1cc(=O)n(Cc2ccn(C3CCCCC3)n2)cc1N. The molecular weight excluding hydrogens is 264 g/mol. The number of hydrogen-bond donors (Lipinski definition) is 1. The van der Waals surface area contributed by atoms with Gasteiger partial charge >= 0.3 is 0 Å². The summed E-state index contributed by atoms with van der Waals surface area (Å²) in [5.74, 6) is 0. The first-order chi connectivity index (χ1) is 10.1. The summed E-state index contributed by atoms with van der Waals surface area (Å²) in [5, 5.41) is 4.64. The maximum absolute atomic E-state index is 12.0. The van der Waals surface area contributed by atoms with Crippen molar-refractivity contribution < 1.29 is 0 Å². The van der Waals surface area contributed by atoms with Gasteiger partial charge in [0.2, 0.25) is 0 Å². The van der Waals surface area contributed by atoms with E-state index in [9.17, 15) is 4.79 Å². The van der Waals surface area contributed by atoms with Gasteiger partial charge < -0.3 is 10.3 Å². The van der Waals surface area contributed by atoms with E-state index in [1.165, 1.54) is 32.1 Å². The maximum atomic E-state index is 12.0. The van der Waals surface area contributed by atoms with Crippen LogP contribution in [-0.4, -0.2) is 14.3 Å². The molecule has 0 spiro atoms. The Morgan fingerprint density at radius 3 is 2.86 bits per heavy atom. The van der Waals surface area contributed by atoms with Gasteiger partial charge in [0.1, 0.15) is 0 Å². The Balaban J connectivity index is 1.78. The van der Waals surface area contributed by atoms with E-state index in [1.807, 2.05) is 19.2 Å². The quantitative estimate of drug-likeness (QED) is 0.942. The first-order valence-electron chi connectivity index (χ1n) is 7.64. The van der Waals surface area contributed by atoms with E-state index in [-0.39, 0.29) is 5.56 Å². The monoisotopic (exact) mass is 286 g/mol. The Morgan fingerprint density at radius 2 is 2.10 bits per heavy atom. The third kappa shape index (κ3) is 3.01. The van der Waals surface area contributed by atoms with Crippen LogP contribution in [0.25, 0.3) is 0 Å². The number of pyridine rings is 1. The Bertz CT molecular complexity index is 680. The third-order valence-corrected chi connectivity index (χ3v) is 4.32. The van der Waals surface area contributed by atoms with Crippen molar-refractivity contribution >= 4 is 5.69 Å². The van der Waals surface area contributed by atoms with E-state index in [2.05, 4.69) is 9.78 Å². The number of aryl methyl sites for hydroxylation is 1. The van der Waals surface area contributed by atoms with Gasteiger partial charge in [-0.15, -0.1) is 0 Å². The number of anilines is 1. The molecule has 0 radical (unpaired) electrons. The number of rotatable bonds is 3. The lowest BCUT2D eigenvalue weighted by Crippen LogP contribution is -2.21. The number of nitrogens with zero attached hydrogens (tertiary/aromatic N) is 3. The maximum Gasteiger partial charge on any atom is 0.251 e. The van der Waals surface area contributed by atoms with Crippen LogP contribution in [0.15, 0.2) is 29.3 Å². The molecule has 2 aromatic rings. The molecule has 0 unspecified atom stereocenters. The minimum absolute atomic E-state index is 0.0334. The number of nitrogens with two attached hydrogens (primary N) is 1.